The van der Waals surface area contributed by atoms with Crippen LogP contribution in [0, 0.1) is 5.92 Å². The molecule has 1 aromatic carbocycles. The van der Waals surface area contributed by atoms with Crippen molar-refractivity contribution in [2.75, 3.05) is 6.54 Å². The molecule has 1 aliphatic heterocycles. The first-order chi connectivity index (χ1) is 11.8. The minimum atomic E-state index is -3.52. The molecule has 1 heterocycles. The second-order valence-electron chi connectivity index (χ2n) is 6.88. The average molecular weight is 365 g/mol. The van der Waals surface area contributed by atoms with E-state index >= 15 is 0 Å². The van der Waals surface area contributed by atoms with Crippen molar-refractivity contribution in [1.82, 2.24) is 10.0 Å². The van der Waals surface area contributed by atoms with Crippen molar-refractivity contribution in [2.45, 2.75) is 57.4 Å². The monoisotopic (exact) mass is 365 g/mol. The number of sulfonamides is 1. The minimum absolute atomic E-state index is 0.0597. The predicted octanol–water partition coefficient (Wildman–Crippen LogP) is 2.45. The molecule has 7 heteroatoms. The SMILES string of the molecule is CC(C)CCC[C@H](C)NC(=O)CCN=C1NS(=O)(=O)c2ccccc21. The van der Waals surface area contributed by atoms with Gasteiger partial charge in [-0.05, 0) is 31.4 Å². The van der Waals surface area contributed by atoms with Gasteiger partial charge >= 0.3 is 0 Å². The third-order valence-electron chi connectivity index (χ3n) is 4.10. The van der Waals surface area contributed by atoms with Crippen LogP contribution in [0.2, 0.25) is 0 Å². The van der Waals surface area contributed by atoms with Crippen LogP contribution in [0.1, 0.15) is 52.0 Å². The fourth-order valence-electron chi connectivity index (χ4n) is 2.77. The predicted molar refractivity (Wildman–Crippen MR) is 99.1 cm³/mol. The molecule has 1 aromatic rings. The van der Waals surface area contributed by atoms with Crippen LogP contribution in [0.25, 0.3) is 0 Å². The summed E-state index contributed by atoms with van der Waals surface area (Å²) in [6.45, 7) is 6.64. The molecule has 0 saturated carbocycles. The molecule has 0 aromatic heterocycles. The number of carbonyl (C=O) groups excluding carboxylic acids is 1. The molecule has 0 unspecified atom stereocenters. The van der Waals surface area contributed by atoms with E-state index < -0.39 is 10.0 Å². The summed E-state index contributed by atoms with van der Waals surface area (Å²) in [6, 6.07) is 6.84. The van der Waals surface area contributed by atoms with Crippen molar-refractivity contribution < 1.29 is 13.2 Å². The average Bonchev–Trinajstić information content (AvgIpc) is 2.78. The molecule has 0 spiro atoms. The Morgan fingerprint density at radius 3 is 2.64 bits per heavy atom. The Labute approximate surface area is 150 Å². The minimum Gasteiger partial charge on any atom is -0.354 e. The van der Waals surface area contributed by atoms with E-state index in [1.807, 2.05) is 6.92 Å². The second kappa shape index (κ2) is 8.47. The Kier molecular flexibility index (Phi) is 6.58. The van der Waals surface area contributed by atoms with Crippen LogP contribution in [0.5, 0.6) is 0 Å². The highest BCUT2D eigenvalue weighted by molar-refractivity contribution is 7.90. The zero-order valence-corrected chi connectivity index (χ0v) is 15.9. The summed E-state index contributed by atoms with van der Waals surface area (Å²) in [5.74, 6) is 0.931. The van der Waals surface area contributed by atoms with E-state index in [2.05, 4.69) is 28.9 Å². The van der Waals surface area contributed by atoms with Crippen LogP contribution in [0.3, 0.4) is 0 Å². The number of hydrogen-bond donors (Lipinski definition) is 2. The van der Waals surface area contributed by atoms with Gasteiger partial charge in [-0.15, -0.1) is 0 Å². The lowest BCUT2D eigenvalue weighted by Crippen LogP contribution is -2.33. The van der Waals surface area contributed by atoms with E-state index in [4.69, 9.17) is 0 Å². The van der Waals surface area contributed by atoms with Gasteiger partial charge in [-0.2, -0.15) is 0 Å². The molecule has 1 amide bonds. The van der Waals surface area contributed by atoms with Gasteiger partial charge in [0.25, 0.3) is 10.0 Å². The molecule has 0 radical (unpaired) electrons. The molecule has 0 saturated heterocycles. The van der Waals surface area contributed by atoms with Gasteiger partial charge in [-0.1, -0.05) is 38.8 Å². The highest BCUT2D eigenvalue weighted by Gasteiger charge is 2.29. The number of benzene rings is 1. The maximum absolute atomic E-state index is 12.0. The van der Waals surface area contributed by atoms with E-state index in [1.165, 1.54) is 0 Å². The number of rotatable bonds is 8. The number of nitrogens with zero attached hydrogens (tertiary/aromatic N) is 1. The number of amidine groups is 1. The molecule has 0 bridgehead atoms. The van der Waals surface area contributed by atoms with Crippen molar-refractivity contribution >= 4 is 21.8 Å². The molecule has 138 valence electrons. The highest BCUT2D eigenvalue weighted by atomic mass is 32.2. The van der Waals surface area contributed by atoms with Gasteiger partial charge in [0.15, 0.2) is 0 Å². The molecule has 1 atom stereocenters. The van der Waals surface area contributed by atoms with Crippen LogP contribution in [0.15, 0.2) is 34.2 Å². The Morgan fingerprint density at radius 2 is 1.92 bits per heavy atom. The van der Waals surface area contributed by atoms with Gasteiger partial charge in [0.2, 0.25) is 5.91 Å². The highest BCUT2D eigenvalue weighted by Crippen LogP contribution is 2.22. The quantitative estimate of drug-likeness (QED) is 0.742. The fraction of sp³-hybridized carbons (Fsp3) is 0.556. The Hall–Kier alpha value is -1.89. The fourth-order valence-corrected chi connectivity index (χ4v) is 4.02. The first kappa shape index (κ1) is 19.4. The van der Waals surface area contributed by atoms with Gasteiger partial charge in [0.1, 0.15) is 5.84 Å². The summed E-state index contributed by atoms with van der Waals surface area (Å²) >= 11 is 0. The lowest BCUT2D eigenvalue weighted by atomic mass is 10.0. The molecule has 2 N–H and O–H groups in total. The molecular weight excluding hydrogens is 338 g/mol. The normalized spacial score (nSPS) is 18.0. The third-order valence-corrected chi connectivity index (χ3v) is 5.49. The van der Waals surface area contributed by atoms with E-state index in [-0.39, 0.29) is 29.8 Å². The Bertz CT molecular complexity index is 742. The molecule has 25 heavy (non-hydrogen) atoms. The summed E-state index contributed by atoms with van der Waals surface area (Å²) in [5.41, 5.74) is 0.560. The van der Waals surface area contributed by atoms with Crippen LogP contribution < -0.4 is 10.0 Å². The van der Waals surface area contributed by atoms with Crippen molar-refractivity contribution in [2.24, 2.45) is 10.9 Å². The van der Waals surface area contributed by atoms with Gasteiger partial charge in [0, 0.05) is 18.0 Å². The van der Waals surface area contributed by atoms with Crippen molar-refractivity contribution in [3.05, 3.63) is 29.8 Å². The summed E-state index contributed by atoms with van der Waals surface area (Å²) in [5, 5.41) is 2.97. The zero-order chi connectivity index (χ0) is 18.4. The second-order valence-corrected chi connectivity index (χ2v) is 8.53. The maximum atomic E-state index is 12.0. The number of amides is 1. The number of hydrogen-bond acceptors (Lipinski definition) is 4. The van der Waals surface area contributed by atoms with Gasteiger partial charge < -0.3 is 5.32 Å². The first-order valence-electron chi connectivity index (χ1n) is 8.75. The number of fused-ring (bicyclic) bond motifs is 1. The van der Waals surface area contributed by atoms with Gasteiger partial charge in [0.05, 0.1) is 11.4 Å². The number of carbonyl (C=O) groups is 1. The van der Waals surface area contributed by atoms with Crippen LogP contribution in [-0.2, 0) is 14.8 Å². The lowest BCUT2D eigenvalue weighted by molar-refractivity contribution is -0.121. The number of aliphatic imine (C=N–C) groups is 1. The van der Waals surface area contributed by atoms with Gasteiger partial charge in [-0.3, -0.25) is 14.5 Å². The molecule has 0 aliphatic carbocycles. The van der Waals surface area contributed by atoms with Crippen molar-refractivity contribution in [1.29, 1.82) is 0 Å². The summed E-state index contributed by atoms with van der Waals surface area (Å²) in [4.78, 5) is 16.5. The summed E-state index contributed by atoms with van der Waals surface area (Å²) in [6.07, 6.45) is 3.46. The third kappa shape index (κ3) is 5.56. The zero-order valence-electron chi connectivity index (χ0n) is 15.1. The van der Waals surface area contributed by atoms with E-state index in [0.717, 1.165) is 19.3 Å². The number of nitrogens with one attached hydrogen (secondary N) is 2. The summed E-state index contributed by atoms with van der Waals surface area (Å²) < 4.78 is 26.4. The summed E-state index contributed by atoms with van der Waals surface area (Å²) in [7, 11) is -3.52. The van der Waals surface area contributed by atoms with E-state index in [0.29, 0.717) is 17.3 Å². The Morgan fingerprint density at radius 1 is 1.20 bits per heavy atom. The van der Waals surface area contributed by atoms with Crippen molar-refractivity contribution in [3.63, 3.8) is 0 Å². The lowest BCUT2D eigenvalue weighted by Gasteiger charge is -2.14. The molecule has 1 aliphatic rings. The maximum Gasteiger partial charge on any atom is 0.263 e. The largest absolute Gasteiger partial charge is 0.354 e. The van der Waals surface area contributed by atoms with Crippen LogP contribution in [-0.4, -0.2) is 32.7 Å². The smallest absolute Gasteiger partial charge is 0.263 e. The van der Waals surface area contributed by atoms with E-state index in [9.17, 15) is 13.2 Å². The molecular formula is C18H27N3O3S. The van der Waals surface area contributed by atoms with Crippen LogP contribution in [0.4, 0.5) is 0 Å². The standard InChI is InChI=1S/C18H27N3O3S/c1-13(2)7-6-8-14(3)20-17(22)11-12-19-18-15-9-4-5-10-16(15)25(23,24)21-18/h4-5,9-10,13-14H,6-8,11-12H2,1-3H3,(H,19,21)(H,20,22)/t14-/m0/s1. The molecule has 6 nitrogen and oxygen atoms in total. The molecule has 2 rings (SSSR count). The Balaban J connectivity index is 1.82. The van der Waals surface area contributed by atoms with Crippen LogP contribution >= 0.6 is 0 Å². The topological polar surface area (TPSA) is 87.6 Å². The van der Waals surface area contributed by atoms with E-state index in [1.54, 1.807) is 24.3 Å². The van der Waals surface area contributed by atoms with Gasteiger partial charge in [-0.25, -0.2) is 8.42 Å². The molecule has 0 fully saturated rings. The van der Waals surface area contributed by atoms with Crippen molar-refractivity contribution in [3.8, 4) is 0 Å². The first-order valence-corrected chi connectivity index (χ1v) is 10.2.